The van der Waals surface area contributed by atoms with Crippen LogP contribution >= 0.6 is 0 Å². The molecular formula is C21H26N2O3. The number of nitrogens with zero attached hydrogens (tertiary/aromatic N) is 1. The maximum atomic E-state index is 12.3. The molecule has 0 unspecified atom stereocenters. The van der Waals surface area contributed by atoms with Gasteiger partial charge in [0.2, 0.25) is 0 Å². The number of ether oxygens (including phenoxy) is 2. The number of hydrogen-bond acceptors (Lipinski definition) is 4. The average Bonchev–Trinajstić information content (AvgIpc) is 2.68. The molecule has 0 aliphatic carbocycles. The Morgan fingerprint density at radius 1 is 1.12 bits per heavy atom. The maximum Gasteiger partial charge on any atom is 0.261 e. The fourth-order valence-electron chi connectivity index (χ4n) is 2.95. The minimum absolute atomic E-state index is 0.118. The van der Waals surface area contributed by atoms with Crippen LogP contribution in [0.1, 0.15) is 18.1 Å². The van der Waals surface area contributed by atoms with E-state index in [0.717, 1.165) is 38.4 Å². The van der Waals surface area contributed by atoms with Crippen molar-refractivity contribution in [1.29, 1.82) is 0 Å². The first-order valence-electron chi connectivity index (χ1n) is 9.08. The lowest BCUT2D eigenvalue weighted by atomic mass is 10.1. The molecule has 1 atom stereocenters. The lowest BCUT2D eigenvalue weighted by molar-refractivity contribution is -0.127. The number of benzene rings is 2. The van der Waals surface area contributed by atoms with Gasteiger partial charge in [-0.25, -0.2) is 0 Å². The van der Waals surface area contributed by atoms with Gasteiger partial charge in [0, 0.05) is 26.2 Å². The number of nitrogens with one attached hydrogen (secondary N) is 1. The van der Waals surface area contributed by atoms with E-state index in [1.807, 2.05) is 42.5 Å². The highest BCUT2D eigenvalue weighted by Crippen LogP contribution is 2.12. The van der Waals surface area contributed by atoms with Crippen LogP contribution in [0.25, 0.3) is 0 Å². The molecule has 1 saturated heterocycles. The van der Waals surface area contributed by atoms with Crippen molar-refractivity contribution in [3.63, 3.8) is 0 Å². The summed E-state index contributed by atoms with van der Waals surface area (Å²) in [7, 11) is 0. The Hall–Kier alpha value is -2.37. The lowest BCUT2D eigenvalue weighted by Gasteiger charge is -2.26. The van der Waals surface area contributed by atoms with Crippen LogP contribution < -0.4 is 10.1 Å². The lowest BCUT2D eigenvalue weighted by Crippen LogP contribution is -2.36. The Morgan fingerprint density at radius 2 is 1.85 bits per heavy atom. The van der Waals surface area contributed by atoms with Gasteiger partial charge in [-0.3, -0.25) is 9.69 Å². The summed E-state index contributed by atoms with van der Waals surface area (Å²) >= 11 is 0. The third-order valence-electron chi connectivity index (χ3n) is 4.39. The number of carbonyl (C=O) groups is 1. The standard InChI is InChI=1S/C21H26N2O3/c1-17(26-20-8-3-2-4-9-20)21(24)22-15-18-6-5-7-19(14-18)16-23-10-12-25-13-11-23/h2-9,14,17H,10-13,15-16H2,1H3,(H,22,24)/t17-/m1/s1. The first kappa shape index (κ1) is 18.4. The van der Waals surface area contributed by atoms with Crippen LogP contribution in [0.5, 0.6) is 5.75 Å². The summed E-state index contributed by atoms with van der Waals surface area (Å²) < 4.78 is 11.0. The van der Waals surface area contributed by atoms with Crippen LogP contribution in [0.4, 0.5) is 0 Å². The van der Waals surface area contributed by atoms with Crippen molar-refractivity contribution in [2.24, 2.45) is 0 Å². The van der Waals surface area contributed by atoms with E-state index in [1.54, 1.807) is 6.92 Å². The predicted molar refractivity (Wildman–Crippen MR) is 101 cm³/mol. The third-order valence-corrected chi connectivity index (χ3v) is 4.39. The van der Waals surface area contributed by atoms with E-state index in [4.69, 9.17) is 9.47 Å². The highest BCUT2D eigenvalue weighted by atomic mass is 16.5. The van der Waals surface area contributed by atoms with Crippen LogP contribution in [0.15, 0.2) is 54.6 Å². The molecule has 26 heavy (non-hydrogen) atoms. The fourth-order valence-corrected chi connectivity index (χ4v) is 2.95. The Labute approximate surface area is 154 Å². The molecular weight excluding hydrogens is 328 g/mol. The zero-order valence-corrected chi connectivity index (χ0v) is 15.2. The van der Waals surface area contributed by atoms with E-state index in [0.29, 0.717) is 12.3 Å². The maximum absolute atomic E-state index is 12.3. The van der Waals surface area contributed by atoms with Gasteiger partial charge in [-0.05, 0) is 30.2 Å². The zero-order valence-electron chi connectivity index (χ0n) is 15.2. The molecule has 5 heteroatoms. The molecule has 0 spiro atoms. The number of amides is 1. The Balaban J connectivity index is 1.49. The topological polar surface area (TPSA) is 50.8 Å². The monoisotopic (exact) mass is 354 g/mol. The van der Waals surface area contributed by atoms with Crippen LogP contribution in [-0.4, -0.2) is 43.2 Å². The van der Waals surface area contributed by atoms with E-state index >= 15 is 0 Å². The molecule has 2 aromatic carbocycles. The summed E-state index contributed by atoms with van der Waals surface area (Å²) in [5, 5.41) is 2.95. The van der Waals surface area contributed by atoms with Gasteiger partial charge < -0.3 is 14.8 Å². The molecule has 0 radical (unpaired) electrons. The van der Waals surface area contributed by atoms with Crippen LogP contribution in [0.3, 0.4) is 0 Å². The predicted octanol–water partition coefficient (Wildman–Crippen LogP) is 2.60. The van der Waals surface area contributed by atoms with Crippen molar-refractivity contribution in [1.82, 2.24) is 10.2 Å². The Bertz CT molecular complexity index is 699. The van der Waals surface area contributed by atoms with E-state index in [2.05, 4.69) is 22.3 Å². The van der Waals surface area contributed by atoms with Crippen molar-refractivity contribution in [2.75, 3.05) is 26.3 Å². The number of morpholine rings is 1. The van der Waals surface area contributed by atoms with E-state index in [1.165, 1.54) is 5.56 Å². The van der Waals surface area contributed by atoms with Gasteiger partial charge in [0.05, 0.1) is 13.2 Å². The Kier molecular flexibility index (Phi) is 6.63. The molecule has 5 nitrogen and oxygen atoms in total. The van der Waals surface area contributed by atoms with Gasteiger partial charge in [0.1, 0.15) is 5.75 Å². The second-order valence-electron chi connectivity index (χ2n) is 6.50. The Morgan fingerprint density at radius 3 is 2.62 bits per heavy atom. The highest BCUT2D eigenvalue weighted by molar-refractivity contribution is 5.80. The minimum Gasteiger partial charge on any atom is -0.481 e. The smallest absolute Gasteiger partial charge is 0.261 e. The fraction of sp³-hybridized carbons (Fsp3) is 0.381. The molecule has 0 saturated carbocycles. The van der Waals surface area contributed by atoms with E-state index < -0.39 is 6.10 Å². The molecule has 1 heterocycles. The van der Waals surface area contributed by atoms with Crippen LogP contribution in [0.2, 0.25) is 0 Å². The van der Waals surface area contributed by atoms with Gasteiger partial charge in [-0.15, -0.1) is 0 Å². The number of carbonyl (C=O) groups excluding carboxylic acids is 1. The number of hydrogen-bond donors (Lipinski definition) is 1. The number of rotatable bonds is 7. The number of para-hydroxylation sites is 1. The minimum atomic E-state index is -0.533. The SMILES string of the molecule is C[C@@H](Oc1ccccc1)C(=O)NCc1cccc(CN2CCOCC2)c1. The van der Waals surface area contributed by atoms with Gasteiger partial charge >= 0.3 is 0 Å². The second-order valence-corrected chi connectivity index (χ2v) is 6.50. The first-order valence-corrected chi connectivity index (χ1v) is 9.08. The van der Waals surface area contributed by atoms with Gasteiger partial charge in [0.15, 0.2) is 6.10 Å². The second kappa shape index (κ2) is 9.36. The molecule has 3 rings (SSSR count). The third kappa shape index (κ3) is 5.58. The van der Waals surface area contributed by atoms with Crippen molar-refractivity contribution in [3.05, 3.63) is 65.7 Å². The summed E-state index contributed by atoms with van der Waals surface area (Å²) in [6, 6.07) is 17.7. The summed E-state index contributed by atoms with van der Waals surface area (Å²) in [5.41, 5.74) is 2.35. The molecule has 1 fully saturated rings. The summed E-state index contributed by atoms with van der Waals surface area (Å²) in [6.45, 7) is 6.71. The molecule has 0 aromatic heterocycles. The van der Waals surface area contributed by atoms with E-state index in [-0.39, 0.29) is 5.91 Å². The quantitative estimate of drug-likeness (QED) is 0.830. The summed E-state index contributed by atoms with van der Waals surface area (Å²) in [4.78, 5) is 14.7. The molecule has 0 bridgehead atoms. The first-order chi connectivity index (χ1) is 12.7. The molecule has 1 aliphatic heterocycles. The van der Waals surface area contributed by atoms with Crippen LogP contribution in [0, 0.1) is 0 Å². The highest BCUT2D eigenvalue weighted by Gasteiger charge is 2.14. The zero-order chi connectivity index (χ0) is 18.2. The molecule has 2 aromatic rings. The largest absolute Gasteiger partial charge is 0.481 e. The molecule has 1 aliphatic rings. The van der Waals surface area contributed by atoms with Crippen molar-refractivity contribution in [3.8, 4) is 5.75 Å². The van der Waals surface area contributed by atoms with Gasteiger partial charge in [-0.2, -0.15) is 0 Å². The van der Waals surface area contributed by atoms with Crippen molar-refractivity contribution < 1.29 is 14.3 Å². The van der Waals surface area contributed by atoms with Crippen molar-refractivity contribution in [2.45, 2.75) is 26.1 Å². The van der Waals surface area contributed by atoms with Crippen molar-refractivity contribution >= 4 is 5.91 Å². The molecule has 1 N–H and O–H groups in total. The molecule has 1 amide bonds. The van der Waals surface area contributed by atoms with Crippen LogP contribution in [-0.2, 0) is 22.6 Å². The van der Waals surface area contributed by atoms with E-state index in [9.17, 15) is 4.79 Å². The summed E-state index contributed by atoms with van der Waals surface area (Å²) in [5.74, 6) is 0.579. The average molecular weight is 354 g/mol. The summed E-state index contributed by atoms with van der Waals surface area (Å²) in [6.07, 6.45) is -0.533. The normalized spacial score (nSPS) is 16.0. The molecule has 138 valence electrons. The van der Waals surface area contributed by atoms with Gasteiger partial charge in [-0.1, -0.05) is 42.5 Å². The van der Waals surface area contributed by atoms with Gasteiger partial charge in [0.25, 0.3) is 5.91 Å².